The predicted octanol–water partition coefficient (Wildman–Crippen LogP) is 0.619. The van der Waals surface area contributed by atoms with Gasteiger partial charge in [-0.15, -0.1) is 0 Å². The maximum Gasteiger partial charge on any atom is 0.176 e. The van der Waals surface area contributed by atoms with E-state index in [0.717, 1.165) is 0 Å². The molecule has 0 heterocycles. The topological polar surface area (TPSA) is 35.2 Å². The van der Waals surface area contributed by atoms with Gasteiger partial charge in [0.15, 0.2) is 5.88 Å². The third-order valence-electron chi connectivity index (χ3n) is 0.387. The molecule has 0 atom stereocenters. The van der Waals surface area contributed by atoms with Crippen LogP contribution in [0.1, 0.15) is 0 Å². The second-order valence-electron chi connectivity index (χ2n) is 1.07. The molecule has 2 heteroatoms. The van der Waals surface area contributed by atoms with Crippen LogP contribution in [0.3, 0.4) is 0 Å². The second kappa shape index (κ2) is 3.28. The normalized spacial score (nSPS) is 7.43. The molecule has 0 aliphatic rings. The fraction of sp³-hybridized carbons (Fsp3) is 0.200. The fourth-order valence-electron chi connectivity index (χ4n) is 0.166. The molecule has 0 aromatic rings. The van der Waals surface area contributed by atoms with Gasteiger partial charge in [0, 0.05) is 0 Å². The molecule has 0 fully saturated rings. The molecule has 0 aliphatic carbocycles. The summed E-state index contributed by atoms with van der Waals surface area (Å²) in [6, 6.07) is 0. The van der Waals surface area contributed by atoms with Crippen LogP contribution in [0.15, 0.2) is 25.1 Å². The van der Waals surface area contributed by atoms with E-state index in [1.165, 1.54) is 0 Å². The van der Waals surface area contributed by atoms with E-state index >= 15 is 0 Å². The molecule has 2 nitrogen and oxygen atoms in total. The molecule has 40 valence electrons. The lowest BCUT2D eigenvalue weighted by Gasteiger charge is -1.96. The van der Waals surface area contributed by atoms with E-state index in [9.17, 15) is 0 Å². The first kappa shape index (κ1) is 6.08. The highest BCUT2D eigenvalue weighted by molar-refractivity contribution is 4.75. The Morgan fingerprint density at radius 2 is 2.43 bits per heavy atom. The van der Waals surface area contributed by atoms with Gasteiger partial charge >= 0.3 is 0 Å². The number of nitrogens with two attached hydrogens (primary N) is 1. The lowest BCUT2D eigenvalue weighted by molar-refractivity contribution is 0.246. The third kappa shape index (κ3) is 5.08. The van der Waals surface area contributed by atoms with Gasteiger partial charge in [0.25, 0.3) is 0 Å². The zero-order chi connectivity index (χ0) is 5.70. The minimum Gasteiger partial charge on any atom is -0.476 e. The molecule has 7 heavy (non-hydrogen) atoms. The van der Waals surface area contributed by atoms with E-state index in [4.69, 9.17) is 5.73 Å². The Kier molecular flexibility index (Phi) is 2.85. The van der Waals surface area contributed by atoms with Gasteiger partial charge in [-0.3, -0.25) is 0 Å². The zero-order valence-corrected chi connectivity index (χ0v) is 4.18. The first-order valence-electron chi connectivity index (χ1n) is 1.95. The number of hydrogen-bond acceptors (Lipinski definition) is 2. The van der Waals surface area contributed by atoms with Crippen molar-refractivity contribution in [1.82, 2.24) is 0 Å². The highest BCUT2D eigenvalue weighted by Crippen LogP contribution is 1.79. The molecule has 0 unspecified atom stereocenters. The van der Waals surface area contributed by atoms with Gasteiger partial charge in [-0.1, -0.05) is 12.7 Å². The van der Waals surface area contributed by atoms with Crippen molar-refractivity contribution < 1.29 is 4.74 Å². The molecule has 0 rings (SSSR count). The van der Waals surface area contributed by atoms with E-state index in [2.05, 4.69) is 17.9 Å². The summed E-state index contributed by atoms with van der Waals surface area (Å²) in [7, 11) is 0. The quantitative estimate of drug-likeness (QED) is 0.416. The maximum atomic E-state index is 5.01. The van der Waals surface area contributed by atoms with E-state index in [-0.39, 0.29) is 5.88 Å². The summed E-state index contributed by atoms with van der Waals surface area (Å²) < 4.78 is 4.66. The molecule has 0 aromatic heterocycles. The minimum absolute atomic E-state index is 0.236. The average molecular weight is 99.1 g/mol. The molecular weight excluding hydrogens is 90.1 g/mol. The predicted molar refractivity (Wildman–Crippen MR) is 29.5 cm³/mol. The SMILES string of the molecule is C=CCOC(=C)N. The molecule has 0 saturated carbocycles. The second-order valence-corrected chi connectivity index (χ2v) is 1.07. The third-order valence-corrected chi connectivity index (χ3v) is 0.387. The van der Waals surface area contributed by atoms with Crippen LogP contribution < -0.4 is 5.73 Å². The smallest absolute Gasteiger partial charge is 0.176 e. The van der Waals surface area contributed by atoms with Gasteiger partial charge in [-0.05, 0) is 6.58 Å². The lowest BCUT2D eigenvalue weighted by atomic mass is 10.7. The minimum atomic E-state index is 0.236. The molecule has 0 amide bonds. The van der Waals surface area contributed by atoms with Crippen molar-refractivity contribution in [3.8, 4) is 0 Å². The Labute approximate surface area is 43.3 Å². The van der Waals surface area contributed by atoms with Crippen molar-refractivity contribution >= 4 is 0 Å². The van der Waals surface area contributed by atoms with E-state index in [0.29, 0.717) is 6.61 Å². The van der Waals surface area contributed by atoms with Gasteiger partial charge in [-0.2, -0.15) is 0 Å². The van der Waals surface area contributed by atoms with E-state index in [1.54, 1.807) is 6.08 Å². The van der Waals surface area contributed by atoms with Crippen molar-refractivity contribution in [3.63, 3.8) is 0 Å². The Balaban J connectivity index is 2.97. The van der Waals surface area contributed by atoms with Crippen LogP contribution in [-0.2, 0) is 4.74 Å². The van der Waals surface area contributed by atoms with Gasteiger partial charge in [-0.25, -0.2) is 0 Å². The van der Waals surface area contributed by atoms with E-state index in [1.807, 2.05) is 0 Å². The van der Waals surface area contributed by atoms with Crippen LogP contribution in [0.25, 0.3) is 0 Å². The lowest BCUT2D eigenvalue weighted by Crippen LogP contribution is -1.99. The van der Waals surface area contributed by atoms with Crippen molar-refractivity contribution in [2.24, 2.45) is 5.73 Å². The van der Waals surface area contributed by atoms with Crippen molar-refractivity contribution in [3.05, 3.63) is 25.1 Å². The van der Waals surface area contributed by atoms with Gasteiger partial charge in [0.05, 0.1) is 0 Å². The zero-order valence-electron chi connectivity index (χ0n) is 4.18. The molecule has 0 bridgehead atoms. The van der Waals surface area contributed by atoms with Crippen molar-refractivity contribution in [1.29, 1.82) is 0 Å². The summed E-state index contributed by atoms with van der Waals surface area (Å²) in [5, 5.41) is 0. The van der Waals surface area contributed by atoms with Gasteiger partial charge < -0.3 is 10.5 Å². The Bertz CT molecular complexity index is 78.1. The molecule has 0 radical (unpaired) electrons. The summed E-state index contributed by atoms with van der Waals surface area (Å²) in [6.07, 6.45) is 1.61. The number of hydrogen-bond donors (Lipinski definition) is 1. The van der Waals surface area contributed by atoms with Crippen molar-refractivity contribution in [2.75, 3.05) is 6.61 Å². The maximum absolute atomic E-state index is 5.01. The molecule has 0 saturated heterocycles. The summed E-state index contributed by atoms with van der Waals surface area (Å²) in [4.78, 5) is 0. The molecule has 0 spiro atoms. The molecule has 2 N–H and O–H groups in total. The summed E-state index contributed by atoms with van der Waals surface area (Å²) >= 11 is 0. The fourth-order valence-corrected chi connectivity index (χ4v) is 0.166. The van der Waals surface area contributed by atoms with Crippen molar-refractivity contribution in [2.45, 2.75) is 0 Å². The van der Waals surface area contributed by atoms with Gasteiger partial charge in [0.1, 0.15) is 6.61 Å². The summed E-state index contributed by atoms with van der Waals surface area (Å²) in [5.41, 5.74) is 5.01. The van der Waals surface area contributed by atoms with Crippen LogP contribution in [0.2, 0.25) is 0 Å². The number of ether oxygens (including phenoxy) is 1. The van der Waals surface area contributed by atoms with Crippen LogP contribution in [0, 0.1) is 0 Å². The van der Waals surface area contributed by atoms with Gasteiger partial charge in [0.2, 0.25) is 0 Å². The van der Waals surface area contributed by atoms with Crippen LogP contribution in [-0.4, -0.2) is 6.61 Å². The highest BCUT2D eigenvalue weighted by Gasteiger charge is 1.75. The van der Waals surface area contributed by atoms with Crippen LogP contribution in [0.5, 0.6) is 0 Å². The summed E-state index contributed by atoms with van der Waals surface area (Å²) in [6.45, 7) is 7.15. The monoisotopic (exact) mass is 99.1 g/mol. The standard InChI is InChI=1S/C5H9NO/c1-3-4-7-5(2)6/h3H,1-2,4,6H2. The van der Waals surface area contributed by atoms with Crippen LogP contribution >= 0.6 is 0 Å². The Morgan fingerprint density at radius 3 is 2.57 bits per heavy atom. The summed E-state index contributed by atoms with van der Waals surface area (Å²) in [5.74, 6) is 0.236. The Hall–Kier alpha value is -0.920. The number of rotatable bonds is 3. The largest absolute Gasteiger partial charge is 0.476 e. The molecule has 0 aliphatic heterocycles. The highest BCUT2D eigenvalue weighted by atomic mass is 16.5. The first-order chi connectivity index (χ1) is 3.27. The molecule has 0 aromatic carbocycles. The first-order valence-corrected chi connectivity index (χ1v) is 1.95. The van der Waals surface area contributed by atoms with Crippen LogP contribution in [0.4, 0.5) is 0 Å². The van der Waals surface area contributed by atoms with E-state index < -0.39 is 0 Å². The average Bonchev–Trinajstić information content (AvgIpc) is 1.61. The Morgan fingerprint density at radius 1 is 1.86 bits per heavy atom. The molecular formula is C5H9NO.